The molecule has 2 nitrogen and oxygen atoms in total. The highest BCUT2D eigenvalue weighted by molar-refractivity contribution is 7.99. The zero-order valence-electron chi connectivity index (χ0n) is 16.2. The van der Waals surface area contributed by atoms with Crippen LogP contribution in [0.25, 0.3) is 0 Å². The molecule has 1 aromatic carbocycles. The molecule has 0 bridgehead atoms. The minimum atomic E-state index is -0.217. The molecule has 0 spiro atoms. The van der Waals surface area contributed by atoms with Gasteiger partial charge in [0.2, 0.25) is 0 Å². The van der Waals surface area contributed by atoms with E-state index in [-0.39, 0.29) is 18.3 Å². The van der Waals surface area contributed by atoms with Crippen LogP contribution in [-0.4, -0.2) is 24.1 Å². The topological polar surface area (TPSA) is 18.5 Å². The molecule has 1 fully saturated rings. The van der Waals surface area contributed by atoms with Crippen molar-refractivity contribution >= 4 is 18.9 Å². The highest BCUT2D eigenvalue weighted by atomic mass is 32.2. The largest absolute Gasteiger partial charge is 0.458 e. The van der Waals surface area contributed by atoms with E-state index < -0.39 is 0 Å². The fraction of sp³-hybridized carbons (Fsp3) is 0.700. The Morgan fingerprint density at radius 2 is 1.58 bits per heavy atom. The predicted octanol–water partition coefficient (Wildman–Crippen LogP) is 5.99. The van der Waals surface area contributed by atoms with Gasteiger partial charge in [0.15, 0.2) is 0 Å². The van der Waals surface area contributed by atoms with E-state index in [1.807, 2.05) is 11.8 Å². The molecule has 1 saturated heterocycles. The summed E-state index contributed by atoms with van der Waals surface area (Å²) in [7, 11) is -0.0593. The molecule has 4 heteroatoms. The van der Waals surface area contributed by atoms with Gasteiger partial charge in [0.05, 0.1) is 11.2 Å². The minimum Gasteiger partial charge on any atom is -0.403 e. The van der Waals surface area contributed by atoms with Gasteiger partial charge in [0.1, 0.15) is 0 Å². The summed E-state index contributed by atoms with van der Waals surface area (Å²) >= 11 is 1.96. The maximum absolute atomic E-state index is 6.19. The van der Waals surface area contributed by atoms with Gasteiger partial charge in [-0.05, 0) is 71.2 Å². The molecule has 134 valence electrons. The second kappa shape index (κ2) is 8.29. The lowest BCUT2D eigenvalue weighted by Crippen LogP contribution is -2.41. The van der Waals surface area contributed by atoms with Crippen molar-refractivity contribution in [3.05, 3.63) is 29.8 Å². The van der Waals surface area contributed by atoms with Gasteiger partial charge < -0.3 is 9.31 Å². The van der Waals surface area contributed by atoms with Crippen molar-refractivity contribution in [3.8, 4) is 0 Å². The molecule has 1 aromatic rings. The van der Waals surface area contributed by atoms with Gasteiger partial charge in [-0.15, -0.1) is 11.8 Å². The van der Waals surface area contributed by atoms with Gasteiger partial charge in [-0.3, -0.25) is 0 Å². The van der Waals surface area contributed by atoms with Crippen LogP contribution in [0.2, 0.25) is 6.32 Å². The third-order valence-corrected chi connectivity index (χ3v) is 6.39. The highest BCUT2D eigenvalue weighted by Gasteiger charge is 2.51. The maximum atomic E-state index is 6.19. The molecular formula is C20H33BO2S. The average Bonchev–Trinajstić information content (AvgIpc) is 2.68. The van der Waals surface area contributed by atoms with E-state index in [1.54, 1.807) is 0 Å². The third kappa shape index (κ3) is 5.27. The summed E-state index contributed by atoms with van der Waals surface area (Å²) in [5.74, 6) is 1.83. The SMILES string of the molecule is CCCC(CCSc1ccc(C)cc1)CB1OC(C)(C)C(C)(C)O1. The Kier molecular flexibility index (Phi) is 6.86. The Bertz CT molecular complexity index is 497. The Labute approximate surface area is 153 Å². The third-order valence-electron chi connectivity index (χ3n) is 5.34. The van der Waals surface area contributed by atoms with Crippen LogP contribution in [0.3, 0.4) is 0 Å². The minimum absolute atomic E-state index is 0.0593. The summed E-state index contributed by atoms with van der Waals surface area (Å²) in [6.45, 7) is 12.9. The first-order chi connectivity index (χ1) is 11.2. The predicted molar refractivity (Wildman–Crippen MR) is 106 cm³/mol. The van der Waals surface area contributed by atoms with E-state index >= 15 is 0 Å². The average molecular weight is 348 g/mol. The maximum Gasteiger partial charge on any atom is 0.458 e. The Balaban J connectivity index is 1.83. The molecule has 0 radical (unpaired) electrons. The number of hydrogen-bond acceptors (Lipinski definition) is 3. The molecular weight excluding hydrogens is 315 g/mol. The normalized spacial score (nSPS) is 20.3. The molecule has 1 unspecified atom stereocenters. The van der Waals surface area contributed by atoms with E-state index in [9.17, 15) is 0 Å². The fourth-order valence-corrected chi connectivity index (χ4v) is 4.12. The van der Waals surface area contributed by atoms with Crippen LogP contribution in [0.15, 0.2) is 29.2 Å². The Morgan fingerprint density at radius 3 is 2.12 bits per heavy atom. The molecule has 0 N–H and O–H groups in total. The van der Waals surface area contributed by atoms with Crippen LogP contribution in [0.4, 0.5) is 0 Å². The summed E-state index contributed by atoms with van der Waals surface area (Å²) in [5, 5.41) is 0. The zero-order chi connectivity index (χ0) is 17.8. The molecule has 1 atom stereocenters. The van der Waals surface area contributed by atoms with E-state index in [2.05, 4.69) is 65.8 Å². The highest BCUT2D eigenvalue weighted by Crippen LogP contribution is 2.39. The van der Waals surface area contributed by atoms with Gasteiger partial charge in [-0.2, -0.15) is 0 Å². The van der Waals surface area contributed by atoms with Crippen LogP contribution < -0.4 is 0 Å². The summed E-state index contributed by atoms with van der Waals surface area (Å²) in [4.78, 5) is 1.37. The van der Waals surface area contributed by atoms with E-state index in [0.717, 1.165) is 12.1 Å². The number of rotatable bonds is 8. The lowest BCUT2D eigenvalue weighted by molar-refractivity contribution is 0.00578. The quantitative estimate of drug-likeness (QED) is 0.425. The van der Waals surface area contributed by atoms with Crippen molar-refractivity contribution in [2.75, 3.05) is 5.75 Å². The summed E-state index contributed by atoms with van der Waals surface area (Å²) < 4.78 is 12.4. The lowest BCUT2D eigenvalue weighted by Gasteiger charge is -2.32. The van der Waals surface area contributed by atoms with E-state index in [1.165, 1.54) is 29.7 Å². The van der Waals surface area contributed by atoms with Crippen molar-refractivity contribution in [2.45, 2.75) is 83.2 Å². The lowest BCUT2D eigenvalue weighted by atomic mass is 9.75. The summed E-state index contributed by atoms with van der Waals surface area (Å²) in [6, 6.07) is 8.83. The van der Waals surface area contributed by atoms with Crippen molar-refractivity contribution in [1.29, 1.82) is 0 Å². The Morgan fingerprint density at radius 1 is 1.00 bits per heavy atom. The monoisotopic (exact) mass is 348 g/mol. The van der Waals surface area contributed by atoms with Crippen LogP contribution >= 0.6 is 11.8 Å². The van der Waals surface area contributed by atoms with Crippen LogP contribution in [0.1, 0.15) is 59.4 Å². The first-order valence-corrected chi connectivity index (χ1v) is 10.3. The van der Waals surface area contributed by atoms with Gasteiger partial charge in [0, 0.05) is 4.90 Å². The molecule has 2 rings (SSSR count). The summed E-state index contributed by atoms with van der Waals surface area (Å²) in [6.07, 6.45) is 4.70. The number of thioether (sulfide) groups is 1. The summed E-state index contributed by atoms with van der Waals surface area (Å²) in [5.41, 5.74) is 0.889. The Hall–Kier alpha value is -0.445. The molecule has 1 aliphatic heterocycles. The molecule has 0 aromatic heterocycles. The van der Waals surface area contributed by atoms with Gasteiger partial charge in [-0.1, -0.05) is 37.5 Å². The molecule has 24 heavy (non-hydrogen) atoms. The number of aryl methyl sites for hydroxylation is 1. The van der Waals surface area contributed by atoms with Crippen molar-refractivity contribution < 1.29 is 9.31 Å². The van der Waals surface area contributed by atoms with Crippen molar-refractivity contribution in [1.82, 2.24) is 0 Å². The van der Waals surface area contributed by atoms with Gasteiger partial charge in [-0.25, -0.2) is 0 Å². The van der Waals surface area contributed by atoms with Crippen LogP contribution in [0, 0.1) is 12.8 Å². The van der Waals surface area contributed by atoms with Gasteiger partial charge in [0.25, 0.3) is 0 Å². The second-order valence-corrected chi connectivity index (χ2v) is 9.19. The second-order valence-electron chi connectivity index (χ2n) is 8.03. The first kappa shape index (κ1) is 19.9. The van der Waals surface area contributed by atoms with Gasteiger partial charge >= 0.3 is 7.12 Å². The zero-order valence-corrected chi connectivity index (χ0v) is 17.0. The standard InChI is InChI=1S/C20H33BO2S/c1-7-8-17(13-14-24-18-11-9-16(2)10-12-18)15-21-22-19(3,4)20(5,6)23-21/h9-12,17H,7-8,13-15H2,1-6H3. The molecule has 0 amide bonds. The number of hydrogen-bond donors (Lipinski definition) is 0. The van der Waals surface area contributed by atoms with Crippen LogP contribution in [-0.2, 0) is 9.31 Å². The smallest absolute Gasteiger partial charge is 0.403 e. The number of benzene rings is 1. The van der Waals surface area contributed by atoms with Crippen molar-refractivity contribution in [3.63, 3.8) is 0 Å². The van der Waals surface area contributed by atoms with E-state index in [0.29, 0.717) is 5.92 Å². The van der Waals surface area contributed by atoms with Crippen molar-refractivity contribution in [2.24, 2.45) is 5.92 Å². The first-order valence-electron chi connectivity index (χ1n) is 9.28. The van der Waals surface area contributed by atoms with Crippen LogP contribution in [0.5, 0.6) is 0 Å². The fourth-order valence-electron chi connectivity index (χ4n) is 3.10. The molecule has 0 aliphatic carbocycles. The van der Waals surface area contributed by atoms with E-state index in [4.69, 9.17) is 9.31 Å². The molecule has 1 aliphatic rings. The molecule has 0 saturated carbocycles. The molecule has 1 heterocycles.